The summed E-state index contributed by atoms with van der Waals surface area (Å²) in [6.45, 7) is 2.63. The summed E-state index contributed by atoms with van der Waals surface area (Å²) >= 11 is 0. The average molecular weight is 294 g/mol. The lowest BCUT2D eigenvalue weighted by atomic mass is 9.80. The Morgan fingerprint density at radius 2 is 1.25 bits per heavy atom. The van der Waals surface area contributed by atoms with Crippen LogP contribution in [0, 0.1) is 0 Å². The van der Waals surface area contributed by atoms with Gasteiger partial charge in [0.25, 0.3) is 0 Å². The van der Waals surface area contributed by atoms with Crippen LogP contribution in [-0.2, 0) is 5.54 Å². The summed E-state index contributed by atoms with van der Waals surface area (Å²) in [5.74, 6) is 0. The molecule has 1 aromatic rings. The molecular formula is C18H28ClN. The van der Waals surface area contributed by atoms with Gasteiger partial charge in [0.1, 0.15) is 0 Å². The Morgan fingerprint density at radius 1 is 0.700 bits per heavy atom. The van der Waals surface area contributed by atoms with Crippen molar-refractivity contribution in [1.29, 1.82) is 0 Å². The first-order valence-electron chi connectivity index (χ1n) is 8.22. The molecule has 1 saturated heterocycles. The van der Waals surface area contributed by atoms with Gasteiger partial charge in [-0.2, -0.15) is 0 Å². The van der Waals surface area contributed by atoms with E-state index in [0.717, 1.165) is 0 Å². The molecule has 2 aliphatic rings. The van der Waals surface area contributed by atoms with Gasteiger partial charge in [-0.3, -0.25) is 4.90 Å². The van der Waals surface area contributed by atoms with Gasteiger partial charge in [-0.1, -0.05) is 62.4 Å². The van der Waals surface area contributed by atoms with Crippen molar-refractivity contribution >= 4 is 12.4 Å². The molecule has 1 heterocycles. The van der Waals surface area contributed by atoms with Gasteiger partial charge in [0.15, 0.2) is 0 Å². The predicted octanol–water partition coefficient (Wildman–Crippen LogP) is 5.14. The fraction of sp³-hybridized carbons (Fsp3) is 0.667. The smallest absolute Gasteiger partial charge is 0.0460 e. The number of piperidine rings is 1. The molecule has 112 valence electrons. The molecule has 1 aliphatic carbocycles. The second-order valence-corrected chi connectivity index (χ2v) is 6.36. The van der Waals surface area contributed by atoms with Gasteiger partial charge in [0.2, 0.25) is 0 Å². The highest BCUT2D eigenvalue weighted by Gasteiger charge is 2.38. The van der Waals surface area contributed by atoms with Crippen LogP contribution in [0.25, 0.3) is 0 Å². The lowest BCUT2D eigenvalue weighted by Gasteiger charge is -2.46. The van der Waals surface area contributed by atoms with Gasteiger partial charge < -0.3 is 0 Å². The highest BCUT2D eigenvalue weighted by atomic mass is 35.5. The third-order valence-electron chi connectivity index (χ3n) is 5.20. The third kappa shape index (κ3) is 3.20. The van der Waals surface area contributed by atoms with E-state index < -0.39 is 0 Å². The Balaban J connectivity index is 0.00000147. The Hall–Kier alpha value is -0.530. The summed E-state index contributed by atoms with van der Waals surface area (Å²) in [5.41, 5.74) is 1.94. The van der Waals surface area contributed by atoms with E-state index in [1.165, 1.54) is 70.9 Å². The molecule has 1 aliphatic heterocycles. The first-order chi connectivity index (χ1) is 9.42. The van der Waals surface area contributed by atoms with E-state index in [1.54, 1.807) is 5.56 Å². The average Bonchev–Trinajstić information content (AvgIpc) is 2.76. The Bertz CT molecular complexity index is 376. The Kier molecular flexibility index (Phi) is 5.92. The summed E-state index contributed by atoms with van der Waals surface area (Å²) in [6, 6.07) is 11.4. The Labute approximate surface area is 130 Å². The van der Waals surface area contributed by atoms with Crippen LogP contribution in [0.4, 0.5) is 0 Å². The summed E-state index contributed by atoms with van der Waals surface area (Å²) in [6.07, 6.45) is 12.7. The summed E-state index contributed by atoms with van der Waals surface area (Å²) in [7, 11) is 0. The molecule has 1 aromatic carbocycles. The monoisotopic (exact) mass is 293 g/mol. The van der Waals surface area contributed by atoms with E-state index in [4.69, 9.17) is 0 Å². The SMILES string of the molecule is Cl.c1ccc(C2(N3CCCCC3)CCCCCC2)cc1. The van der Waals surface area contributed by atoms with Crippen molar-refractivity contribution in [3.8, 4) is 0 Å². The van der Waals surface area contributed by atoms with Crippen LogP contribution < -0.4 is 0 Å². The molecule has 0 unspecified atom stereocenters. The van der Waals surface area contributed by atoms with Crippen LogP contribution in [0.15, 0.2) is 30.3 Å². The van der Waals surface area contributed by atoms with Crippen LogP contribution in [0.3, 0.4) is 0 Å². The molecule has 0 radical (unpaired) electrons. The van der Waals surface area contributed by atoms with Gasteiger partial charge >= 0.3 is 0 Å². The molecule has 0 atom stereocenters. The second kappa shape index (κ2) is 7.47. The largest absolute Gasteiger partial charge is 0.294 e. The molecule has 3 rings (SSSR count). The summed E-state index contributed by atoms with van der Waals surface area (Å²) < 4.78 is 0. The standard InChI is InChI=1S/C18H27N.ClH/c1-2-8-14-18(13-7-1,17-11-5-3-6-12-17)19-15-9-4-10-16-19;/h3,5-6,11-12H,1-2,4,7-10,13-16H2;1H. The molecule has 0 bridgehead atoms. The van der Waals surface area contributed by atoms with Gasteiger partial charge in [-0.25, -0.2) is 0 Å². The van der Waals surface area contributed by atoms with Crippen molar-refractivity contribution < 1.29 is 0 Å². The lowest BCUT2D eigenvalue weighted by molar-refractivity contribution is 0.0491. The maximum absolute atomic E-state index is 2.83. The van der Waals surface area contributed by atoms with Crippen molar-refractivity contribution in [3.05, 3.63) is 35.9 Å². The molecular weight excluding hydrogens is 266 g/mol. The minimum atomic E-state index is 0. The minimum Gasteiger partial charge on any atom is -0.294 e. The highest BCUT2D eigenvalue weighted by molar-refractivity contribution is 5.85. The number of benzene rings is 1. The number of nitrogens with zero attached hydrogens (tertiary/aromatic N) is 1. The second-order valence-electron chi connectivity index (χ2n) is 6.36. The normalized spacial score (nSPS) is 23.6. The van der Waals surface area contributed by atoms with Crippen molar-refractivity contribution in [3.63, 3.8) is 0 Å². The maximum atomic E-state index is 2.83. The zero-order valence-corrected chi connectivity index (χ0v) is 13.3. The summed E-state index contributed by atoms with van der Waals surface area (Å²) in [5, 5.41) is 0. The number of likely N-dealkylation sites (tertiary alicyclic amines) is 1. The zero-order valence-electron chi connectivity index (χ0n) is 12.5. The fourth-order valence-corrected chi connectivity index (χ4v) is 4.17. The van der Waals surface area contributed by atoms with Crippen LogP contribution in [-0.4, -0.2) is 18.0 Å². The number of hydrogen-bond donors (Lipinski definition) is 0. The molecule has 2 heteroatoms. The Morgan fingerprint density at radius 3 is 1.85 bits per heavy atom. The maximum Gasteiger partial charge on any atom is 0.0460 e. The molecule has 0 amide bonds. The van der Waals surface area contributed by atoms with E-state index in [2.05, 4.69) is 35.2 Å². The van der Waals surface area contributed by atoms with E-state index in [-0.39, 0.29) is 12.4 Å². The van der Waals surface area contributed by atoms with Crippen LogP contribution >= 0.6 is 12.4 Å². The van der Waals surface area contributed by atoms with Crippen molar-refractivity contribution in [2.45, 2.75) is 63.3 Å². The number of hydrogen-bond acceptors (Lipinski definition) is 1. The van der Waals surface area contributed by atoms with Gasteiger partial charge in [-0.15, -0.1) is 12.4 Å². The highest BCUT2D eigenvalue weighted by Crippen LogP contribution is 2.42. The van der Waals surface area contributed by atoms with Gasteiger partial charge in [0, 0.05) is 5.54 Å². The molecule has 0 aromatic heterocycles. The molecule has 0 spiro atoms. The van der Waals surface area contributed by atoms with E-state index in [1.807, 2.05) is 0 Å². The fourth-order valence-electron chi connectivity index (χ4n) is 4.17. The van der Waals surface area contributed by atoms with Crippen molar-refractivity contribution in [1.82, 2.24) is 4.90 Å². The molecule has 1 nitrogen and oxygen atoms in total. The van der Waals surface area contributed by atoms with Crippen molar-refractivity contribution in [2.24, 2.45) is 0 Å². The molecule has 1 saturated carbocycles. The zero-order chi connectivity index (χ0) is 13.0. The van der Waals surface area contributed by atoms with Crippen molar-refractivity contribution in [2.75, 3.05) is 13.1 Å². The quantitative estimate of drug-likeness (QED) is 0.682. The first-order valence-corrected chi connectivity index (χ1v) is 8.22. The number of halogens is 1. The van der Waals surface area contributed by atoms with Gasteiger partial charge in [0.05, 0.1) is 0 Å². The van der Waals surface area contributed by atoms with Crippen LogP contribution in [0.5, 0.6) is 0 Å². The first kappa shape index (κ1) is 15.9. The lowest BCUT2D eigenvalue weighted by Crippen LogP contribution is -2.48. The predicted molar refractivity (Wildman–Crippen MR) is 88.5 cm³/mol. The molecule has 2 fully saturated rings. The van der Waals surface area contributed by atoms with Gasteiger partial charge in [-0.05, 0) is 44.3 Å². The minimum absolute atomic E-state index is 0. The topological polar surface area (TPSA) is 3.24 Å². The molecule has 20 heavy (non-hydrogen) atoms. The third-order valence-corrected chi connectivity index (χ3v) is 5.20. The van der Waals surface area contributed by atoms with E-state index in [9.17, 15) is 0 Å². The molecule has 0 N–H and O–H groups in total. The van der Waals surface area contributed by atoms with E-state index in [0.29, 0.717) is 5.54 Å². The summed E-state index contributed by atoms with van der Waals surface area (Å²) in [4.78, 5) is 2.83. The number of rotatable bonds is 2. The van der Waals surface area contributed by atoms with Crippen LogP contribution in [0.1, 0.15) is 63.4 Å². The van der Waals surface area contributed by atoms with E-state index >= 15 is 0 Å². The van der Waals surface area contributed by atoms with Crippen LogP contribution in [0.2, 0.25) is 0 Å².